The van der Waals surface area contributed by atoms with Gasteiger partial charge in [-0.25, -0.2) is 4.39 Å². The first-order chi connectivity index (χ1) is 2.94. The van der Waals surface area contributed by atoms with Crippen LogP contribution in [0.1, 0.15) is 20.8 Å². The first kappa shape index (κ1) is 11.0. The van der Waals surface area contributed by atoms with Crippen LogP contribution >= 0.6 is 12.4 Å². The molecule has 1 atom stereocenters. The third-order valence-corrected chi connectivity index (χ3v) is 1.03. The van der Waals surface area contributed by atoms with Gasteiger partial charge in [0.05, 0.1) is 0 Å². The monoisotopic (exact) mass is 141 g/mol. The highest BCUT2D eigenvalue weighted by molar-refractivity contribution is 5.85. The Labute approximate surface area is 55.9 Å². The van der Waals surface area contributed by atoms with Crippen LogP contribution in [0.3, 0.4) is 0 Å². The highest BCUT2D eigenvalue weighted by atomic mass is 35.5. The summed E-state index contributed by atoms with van der Waals surface area (Å²) in [5.41, 5.74) is 4.64. The number of rotatable bonds is 1. The molecule has 0 amide bonds. The zero-order valence-electron chi connectivity index (χ0n) is 5.44. The normalized spacial score (nSPS) is 14.6. The van der Waals surface area contributed by atoms with Crippen molar-refractivity contribution in [2.24, 2.45) is 5.73 Å². The molecule has 0 spiro atoms. The molecule has 0 aliphatic rings. The van der Waals surface area contributed by atoms with Gasteiger partial charge in [0.25, 0.3) is 0 Å². The minimum Gasteiger partial charge on any atom is -0.323 e. The van der Waals surface area contributed by atoms with Crippen LogP contribution in [0.4, 0.5) is 4.39 Å². The lowest BCUT2D eigenvalue weighted by atomic mass is 10.0. The van der Waals surface area contributed by atoms with Crippen LogP contribution in [-0.2, 0) is 0 Å². The quantitative estimate of drug-likeness (QED) is 0.589. The Hall–Kier alpha value is 0.180. The summed E-state index contributed by atoms with van der Waals surface area (Å²) in [6.07, 6.45) is -0.924. The van der Waals surface area contributed by atoms with Crippen LogP contribution in [0.5, 0.6) is 0 Å². The van der Waals surface area contributed by atoms with Gasteiger partial charge in [0.1, 0.15) is 6.17 Å². The van der Waals surface area contributed by atoms with Crippen molar-refractivity contribution in [2.45, 2.75) is 32.5 Å². The van der Waals surface area contributed by atoms with Crippen molar-refractivity contribution in [3.8, 4) is 0 Å². The summed E-state index contributed by atoms with van der Waals surface area (Å²) in [5, 5.41) is 0. The first-order valence-electron chi connectivity index (χ1n) is 2.37. The maximum absolute atomic E-state index is 12.1. The standard InChI is InChI=1S/C5H12FN.ClH/c1-4(6)5(2,3)7;/h4H,7H2,1-3H3;1H. The minimum atomic E-state index is -0.924. The van der Waals surface area contributed by atoms with Crippen LogP contribution in [-0.4, -0.2) is 11.7 Å². The molecule has 0 aromatic heterocycles. The van der Waals surface area contributed by atoms with Crippen LogP contribution in [0.25, 0.3) is 0 Å². The SMILES string of the molecule is CC(F)C(C)(C)N.Cl. The van der Waals surface area contributed by atoms with Gasteiger partial charge >= 0.3 is 0 Å². The van der Waals surface area contributed by atoms with E-state index in [0.29, 0.717) is 0 Å². The highest BCUT2D eigenvalue weighted by Gasteiger charge is 2.18. The molecule has 1 unspecified atom stereocenters. The summed E-state index contributed by atoms with van der Waals surface area (Å²) in [5.74, 6) is 0. The largest absolute Gasteiger partial charge is 0.323 e. The highest BCUT2D eigenvalue weighted by Crippen LogP contribution is 2.06. The molecule has 8 heavy (non-hydrogen) atoms. The average Bonchev–Trinajstić information content (AvgIpc) is 1.31. The number of hydrogen-bond acceptors (Lipinski definition) is 1. The van der Waals surface area contributed by atoms with E-state index in [9.17, 15) is 4.39 Å². The summed E-state index contributed by atoms with van der Waals surface area (Å²) in [7, 11) is 0. The maximum atomic E-state index is 12.1. The lowest BCUT2D eigenvalue weighted by Gasteiger charge is -2.18. The molecular weight excluding hydrogens is 129 g/mol. The van der Waals surface area contributed by atoms with Gasteiger partial charge in [-0.05, 0) is 20.8 Å². The molecule has 0 rings (SSSR count). The molecule has 0 aliphatic heterocycles. The van der Waals surface area contributed by atoms with E-state index in [4.69, 9.17) is 5.73 Å². The van der Waals surface area contributed by atoms with Crippen molar-refractivity contribution >= 4 is 12.4 Å². The Morgan fingerprint density at radius 3 is 1.62 bits per heavy atom. The molecule has 0 aromatic rings. The van der Waals surface area contributed by atoms with Crippen molar-refractivity contribution in [3.63, 3.8) is 0 Å². The third kappa shape index (κ3) is 4.34. The van der Waals surface area contributed by atoms with Crippen LogP contribution < -0.4 is 5.73 Å². The topological polar surface area (TPSA) is 26.0 Å². The average molecular weight is 142 g/mol. The molecule has 0 aliphatic carbocycles. The Kier molecular flexibility index (Phi) is 4.49. The third-order valence-electron chi connectivity index (χ3n) is 1.03. The molecule has 0 heterocycles. The molecule has 1 nitrogen and oxygen atoms in total. The van der Waals surface area contributed by atoms with E-state index >= 15 is 0 Å². The zero-order chi connectivity index (χ0) is 6.08. The van der Waals surface area contributed by atoms with Gasteiger partial charge in [0.2, 0.25) is 0 Å². The van der Waals surface area contributed by atoms with Gasteiger partial charge in [-0.15, -0.1) is 12.4 Å². The second-order valence-electron chi connectivity index (χ2n) is 2.44. The molecule has 0 aromatic carbocycles. The molecule has 0 saturated carbocycles. The van der Waals surface area contributed by atoms with Gasteiger partial charge in [-0.3, -0.25) is 0 Å². The lowest BCUT2D eigenvalue weighted by molar-refractivity contribution is 0.240. The summed E-state index contributed by atoms with van der Waals surface area (Å²) in [6, 6.07) is 0. The van der Waals surface area contributed by atoms with E-state index in [1.165, 1.54) is 6.92 Å². The number of alkyl halides is 1. The predicted molar refractivity (Wildman–Crippen MR) is 36.1 cm³/mol. The molecule has 0 saturated heterocycles. The molecule has 52 valence electrons. The Morgan fingerprint density at radius 2 is 1.62 bits per heavy atom. The Morgan fingerprint density at radius 1 is 1.50 bits per heavy atom. The number of halogens is 2. The molecule has 2 N–H and O–H groups in total. The van der Waals surface area contributed by atoms with Crippen molar-refractivity contribution < 1.29 is 4.39 Å². The number of hydrogen-bond donors (Lipinski definition) is 1. The molecule has 0 bridgehead atoms. The summed E-state index contributed by atoms with van der Waals surface area (Å²) in [4.78, 5) is 0. The van der Waals surface area contributed by atoms with E-state index in [0.717, 1.165) is 0 Å². The smallest absolute Gasteiger partial charge is 0.115 e. The predicted octanol–water partition coefficient (Wildman–Crippen LogP) is 1.50. The van der Waals surface area contributed by atoms with Gasteiger partial charge in [-0.1, -0.05) is 0 Å². The molecule has 3 heteroatoms. The lowest BCUT2D eigenvalue weighted by Crippen LogP contribution is -2.40. The molecule has 0 fully saturated rings. The van der Waals surface area contributed by atoms with Crippen molar-refractivity contribution in [3.05, 3.63) is 0 Å². The van der Waals surface area contributed by atoms with Gasteiger partial charge in [0.15, 0.2) is 0 Å². The maximum Gasteiger partial charge on any atom is 0.115 e. The summed E-state index contributed by atoms with van der Waals surface area (Å²) >= 11 is 0. The fourth-order valence-corrected chi connectivity index (χ4v) is 0. The van der Waals surface area contributed by atoms with E-state index in [1.807, 2.05) is 0 Å². The minimum absolute atomic E-state index is 0. The molecular formula is C5H13ClFN. The van der Waals surface area contributed by atoms with Crippen LogP contribution in [0, 0.1) is 0 Å². The van der Waals surface area contributed by atoms with Crippen molar-refractivity contribution in [2.75, 3.05) is 0 Å². The second-order valence-corrected chi connectivity index (χ2v) is 2.44. The Balaban J connectivity index is 0. The molecule has 0 radical (unpaired) electrons. The Bertz CT molecular complexity index is 57.9. The van der Waals surface area contributed by atoms with E-state index in [2.05, 4.69) is 0 Å². The van der Waals surface area contributed by atoms with Gasteiger partial charge in [0, 0.05) is 5.54 Å². The second kappa shape index (κ2) is 3.25. The van der Waals surface area contributed by atoms with Gasteiger partial charge in [-0.2, -0.15) is 0 Å². The summed E-state index contributed by atoms with van der Waals surface area (Å²) < 4.78 is 12.1. The fraction of sp³-hybridized carbons (Fsp3) is 1.00. The zero-order valence-corrected chi connectivity index (χ0v) is 6.26. The van der Waals surface area contributed by atoms with Gasteiger partial charge < -0.3 is 5.73 Å². The first-order valence-corrected chi connectivity index (χ1v) is 2.37. The number of nitrogens with two attached hydrogens (primary N) is 1. The van der Waals surface area contributed by atoms with Crippen LogP contribution in [0.15, 0.2) is 0 Å². The van der Waals surface area contributed by atoms with E-state index in [-0.39, 0.29) is 12.4 Å². The van der Waals surface area contributed by atoms with Crippen molar-refractivity contribution in [1.82, 2.24) is 0 Å². The van der Waals surface area contributed by atoms with E-state index < -0.39 is 11.7 Å². The summed E-state index contributed by atoms with van der Waals surface area (Å²) in [6.45, 7) is 4.79. The van der Waals surface area contributed by atoms with E-state index in [1.54, 1.807) is 13.8 Å². The van der Waals surface area contributed by atoms with Crippen molar-refractivity contribution in [1.29, 1.82) is 0 Å². The fourth-order valence-electron chi connectivity index (χ4n) is 0. The van der Waals surface area contributed by atoms with Crippen LogP contribution in [0.2, 0.25) is 0 Å².